The molecule has 0 aliphatic carbocycles. The summed E-state index contributed by atoms with van der Waals surface area (Å²) in [7, 11) is 0. The van der Waals surface area contributed by atoms with Gasteiger partial charge in [0.05, 0.1) is 6.42 Å². The second-order valence-corrected chi connectivity index (χ2v) is 22.4. The molecule has 0 rings (SSSR count). The van der Waals surface area contributed by atoms with Gasteiger partial charge in [-0.25, -0.2) is 0 Å². The molecule has 0 saturated carbocycles. The van der Waals surface area contributed by atoms with Gasteiger partial charge in [-0.15, -0.1) is 0 Å². The Hall–Kier alpha value is -3.67. The van der Waals surface area contributed by atoms with Crippen LogP contribution in [0.15, 0.2) is 97.2 Å². The van der Waals surface area contributed by atoms with Crippen LogP contribution in [0.5, 0.6) is 0 Å². The van der Waals surface area contributed by atoms with Crippen molar-refractivity contribution in [2.24, 2.45) is 0 Å². The zero-order valence-electron chi connectivity index (χ0n) is 52.1. The maximum absolute atomic E-state index is 12.8. The summed E-state index contributed by atoms with van der Waals surface area (Å²) in [5, 5.41) is 0. The maximum Gasteiger partial charge on any atom is 0.310 e. The van der Waals surface area contributed by atoms with E-state index in [0.717, 1.165) is 89.9 Å². The molecule has 6 nitrogen and oxygen atoms in total. The smallest absolute Gasteiger partial charge is 0.310 e. The van der Waals surface area contributed by atoms with Crippen LogP contribution in [0.2, 0.25) is 0 Å². The number of unbranched alkanes of at least 4 members (excludes halogenated alkanes) is 35. The van der Waals surface area contributed by atoms with E-state index in [2.05, 4.69) is 106 Å². The molecule has 0 aliphatic heterocycles. The molecule has 6 heteroatoms. The number of carbonyl (C=O) groups is 3. The fraction of sp³-hybridized carbons (Fsp3) is 0.740. The summed E-state index contributed by atoms with van der Waals surface area (Å²) >= 11 is 0. The Morgan fingerprint density at radius 1 is 0.278 bits per heavy atom. The molecular formula is C73H126O6. The molecule has 0 aliphatic rings. The number of carbonyl (C=O) groups excluding carboxylic acids is 3. The Labute approximate surface area is 489 Å². The maximum atomic E-state index is 12.8. The summed E-state index contributed by atoms with van der Waals surface area (Å²) in [6, 6.07) is 0. The van der Waals surface area contributed by atoms with Gasteiger partial charge in [0, 0.05) is 12.8 Å². The Bertz CT molecular complexity index is 1540. The molecule has 0 bridgehead atoms. The zero-order valence-corrected chi connectivity index (χ0v) is 52.1. The molecule has 0 N–H and O–H groups in total. The van der Waals surface area contributed by atoms with Gasteiger partial charge >= 0.3 is 17.9 Å². The Morgan fingerprint density at radius 2 is 0.544 bits per heavy atom. The normalized spacial score (nSPS) is 12.7. The van der Waals surface area contributed by atoms with Crippen molar-refractivity contribution in [1.82, 2.24) is 0 Å². The van der Waals surface area contributed by atoms with Gasteiger partial charge in [-0.1, -0.05) is 311 Å². The topological polar surface area (TPSA) is 78.9 Å². The molecule has 1 unspecified atom stereocenters. The quantitative estimate of drug-likeness (QED) is 0.0261. The molecule has 0 aromatic heterocycles. The van der Waals surface area contributed by atoms with Crippen LogP contribution in [-0.2, 0) is 28.6 Å². The minimum atomic E-state index is -0.834. The lowest BCUT2D eigenvalue weighted by molar-refractivity contribution is -0.166. The van der Waals surface area contributed by atoms with Crippen LogP contribution in [0.4, 0.5) is 0 Å². The summed E-state index contributed by atoms with van der Waals surface area (Å²) in [6.07, 6.45) is 90.6. The molecule has 0 spiro atoms. The van der Waals surface area contributed by atoms with Crippen molar-refractivity contribution in [1.29, 1.82) is 0 Å². The first kappa shape index (κ1) is 75.3. The van der Waals surface area contributed by atoms with E-state index in [9.17, 15) is 14.4 Å². The second kappa shape index (κ2) is 66.8. The van der Waals surface area contributed by atoms with Crippen molar-refractivity contribution in [2.45, 2.75) is 335 Å². The summed E-state index contributed by atoms with van der Waals surface area (Å²) < 4.78 is 16.8. The largest absolute Gasteiger partial charge is 0.462 e. The third kappa shape index (κ3) is 65.0. The van der Waals surface area contributed by atoms with Crippen molar-refractivity contribution < 1.29 is 28.6 Å². The number of rotatable bonds is 61. The van der Waals surface area contributed by atoms with E-state index in [-0.39, 0.29) is 31.6 Å². The van der Waals surface area contributed by atoms with Crippen LogP contribution in [0.1, 0.15) is 329 Å². The van der Waals surface area contributed by atoms with Gasteiger partial charge in [-0.2, -0.15) is 0 Å². The third-order valence-electron chi connectivity index (χ3n) is 14.6. The fourth-order valence-electron chi connectivity index (χ4n) is 9.53. The van der Waals surface area contributed by atoms with Crippen LogP contribution < -0.4 is 0 Å². The van der Waals surface area contributed by atoms with Gasteiger partial charge in [0.2, 0.25) is 0 Å². The van der Waals surface area contributed by atoms with E-state index in [4.69, 9.17) is 14.2 Å². The van der Waals surface area contributed by atoms with Crippen molar-refractivity contribution in [3.63, 3.8) is 0 Å². The lowest BCUT2D eigenvalue weighted by atomic mass is 10.0. The summed E-state index contributed by atoms with van der Waals surface area (Å²) in [4.78, 5) is 38.1. The molecule has 454 valence electrons. The lowest BCUT2D eigenvalue weighted by Crippen LogP contribution is -2.30. The predicted molar refractivity (Wildman–Crippen MR) is 344 cm³/mol. The second-order valence-electron chi connectivity index (χ2n) is 22.4. The Morgan fingerprint density at radius 3 is 0.886 bits per heavy atom. The SMILES string of the molecule is CC/C=C\C/C=C\C/C=C\C/C=C\C/C=C\CC(=O)OC(COC(=O)CCCCCCC/C=C\CCCC)COC(=O)CCCCCCCCCCCCCCCCCCCCCCCCC/C=C\C/C=C\CCCCCCC. The average molecular weight is 1100 g/mol. The Balaban J connectivity index is 4.10. The molecule has 1 atom stereocenters. The predicted octanol–water partition coefficient (Wildman–Crippen LogP) is 23.2. The van der Waals surface area contributed by atoms with Crippen LogP contribution in [0.3, 0.4) is 0 Å². The minimum Gasteiger partial charge on any atom is -0.462 e. The van der Waals surface area contributed by atoms with Crippen LogP contribution in [0, 0.1) is 0 Å². The molecule has 79 heavy (non-hydrogen) atoms. The van der Waals surface area contributed by atoms with Crippen molar-refractivity contribution in [3.8, 4) is 0 Å². The number of hydrogen-bond donors (Lipinski definition) is 0. The minimum absolute atomic E-state index is 0.0958. The molecule has 0 heterocycles. The molecule has 0 saturated heterocycles. The number of ether oxygens (including phenoxy) is 3. The summed E-state index contributed by atoms with van der Waals surface area (Å²) in [6.45, 7) is 6.41. The standard InChI is InChI=1S/C73H126O6/c1-4-7-10-13-16-19-22-24-26-27-28-29-30-31-32-33-34-35-36-37-38-39-40-41-42-43-44-45-47-48-51-54-57-60-63-66-72(75)78-69-70(68-77-71(74)65-62-59-56-53-50-21-18-15-12-9-6-3)79-73(76)67-64-61-58-55-52-49-46-25-23-20-17-14-11-8-5-2/h8,11,15,17-18,20,22,24-25,27-28,46,52,55,61,64,70H,4-7,9-10,12-14,16,19,21,23,26,29-45,47-51,53-54,56-60,62-63,65-69H2,1-3H3/b11-8-,18-15-,20-17-,24-22-,28-27-,46-25-,55-52-,64-61-. The third-order valence-corrected chi connectivity index (χ3v) is 14.6. The highest BCUT2D eigenvalue weighted by Crippen LogP contribution is 2.17. The van der Waals surface area contributed by atoms with E-state index >= 15 is 0 Å². The first-order valence-electron chi connectivity index (χ1n) is 33.7. The van der Waals surface area contributed by atoms with Gasteiger partial charge in [0.25, 0.3) is 0 Å². The van der Waals surface area contributed by atoms with E-state index in [1.165, 1.54) is 199 Å². The molecule has 0 radical (unpaired) electrons. The fourth-order valence-corrected chi connectivity index (χ4v) is 9.53. The first-order valence-corrected chi connectivity index (χ1v) is 33.7. The van der Waals surface area contributed by atoms with Gasteiger partial charge in [-0.05, 0) is 96.3 Å². The van der Waals surface area contributed by atoms with Gasteiger partial charge in [0.15, 0.2) is 6.10 Å². The molecule has 0 aromatic carbocycles. The summed E-state index contributed by atoms with van der Waals surface area (Å²) in [5.74, 6) is -1.05. The van der Waals surface area contributed by atoms with E-state index in [1.54, 1.807) is 6.08 Å². The van der Waals surface area contributed by atoms with Crippen molar-refractivity contribution in [2.75, 3.05) is 13.2 Å². The molecular weight excluding hydrogens is 973 g/mol. The van der Waals surface area contributed by atoms with Gasteiger partial charge in [-0.3, -0.25) is 14.4 Å². The number of hydrogen-bond acceptors (Lipinski definition) is 6. The zero-order chi connectivity index (χ0) is 57.1. The lowest BCUT2D eigenvalue weighted by Gasteiger charge is -2.18. The highest BCUT2D eigenvalue weighted by atomic mass is 16.6. The summed E-state index contributed by atoms with van der Waals surface area (Å²) in [5.41, 5.74) is 0. The van der Waals surface area contributed by atoms with Crippen molar-refractivity contribution in [3.05, 3.63) is 97.2 Å². The van der Waals surface area contributed by atoms with Crippen LogP contribution in [-0.4, -0.2) is 37.2 Å². The number of esters is 3. The van der Waals surface area contributed by atoms with Crippen molar-refractivity contribution >= 4 is 17.9 Å². The van der Waals surface area contributed by atoms with Crippen LogP contribution >= 0.6 is 0 Å². The van der Waals surface area contributed by atoms with Gasteiger partial charge < -0.3 is 14.2 Å². The highest BCUT2D eigenvalue weighted by Gasteiger charge is 2.19. The average Bonchev–Trinajstić information content (AvgIpc) is 3.45. The molecule has 0 amide bonds. The van der Waals surface area contributed by atoms with Crippen LogP contribution in [0.25, 0.3) is 0 Å². The monoisotopic (exact) mass is 1100 g/mol. The highest BCUT2D eigenvalue weighted by molar-refractivity contribution is 5.72. The number of allylic oxidation sites excluding steroid dienone is 15. The Kier molecular flexibility index (Phi) is 63.7. The molecule has 0 aromatic rings. The van der Waals surface area contributed by atoms with Gasteiger partial charge in [0.1, 0.15) is 13.2 Å². The first-order chi connectivity index (χ1) is 39.0. The van der Waals surface area contributed by atoms with E-state index in [1.807, 2.05) is 6.08 Å². The van der Waals surface area contributed by atoms with E-state index in [0.29, 0.717) is 12.8 Å². The molecule has 0 fully saturated rings. The van der Waals surface area contributed by atoms with E-state index < -0.39 is 12.1 Å².